The number of fused-ring (bicyclic) bond motifs is 1. The summed E-state index contributed by atoms with van der Waals surface area (Å²) in [5.41, 5.74) is 6.46. The fourth-order valence-corrected chi connectivity index (χ4v) is 6.56. The SMILES string of the molecule is Nc1nc(C(=NO)C(=O)N[C@@H]2C(=O)N3C(C(=O)O)=C(C=C4CCN(Cc5ccc(C(=O)O)cc5)C4=O)CS[C@H]23)cs1. The van der Waals surface area contributed by atoms with Crippen molar-refractivity contribution in [1.82, 2.24) is 20.1 Å². The molecule has 0 aliphatic carbocycles. The van der Waals surface area contributed by atoms with E-state index in [0.29, 0.717) is 24.1 Å². The maximum Gasteiger partial charge on any atom is 0.352 e. The number of aliphatic carboxylic acids is 1. The lowest BCUT2D eigenvalue weighted by Crippen LogP contribution is -2.71. The largest absolute Gasteiger partial charge is 0.478 e. The summed E-state index contributed by atoms with van der Waals surface area (Å²) in [5, 5.41) is 34.6. The van der Waals surface area contributed by atoms with E-state index in [1.165, 1.54) is 35.4 Å². The maximum absolute atomic E-state index is 13.1. The summed E-state index contributed by atoms with van der Waals surface area (Å²) < 4.78 is 0. The molecule has 3 amide bonds. The Morgan fingerprint density at radius 3 is 2.51 bits per heavy atom. The van der Waals surface area contributed by atoms with Crippen LogP contribution in [0.2, 0.25) is 0 Å². The molecule has 0 spiro atoms. The van der Waals surface area contributed by atoms with E-state index >= 15 is 0 Å². The summed E-state index contributed by atoms with van der Waals surface area (Å²) in [6, 6.07) is 5.11. The van der Waals surface area contributed by atoms with Gasteiger partial charge in [0.05, 0.1) is 5.56 Å². The Hall–Kier alpha value is -4.70. The van der Waals surface area contributed by atoms with Crippen molar-refractivity contribution in [2.75, 3.05) is 18.0 Å². The molecule has 212 valence electrons. The molecule has 0 radical (unpaired) electrons. The Balaban J connectivity index is 1.30. The van der Waals surface area contributed by atoms with E-state index in [2.05, 4.69) is 15.5 Å². The van der Waals surface area contributed by atoms with Crippen molar-refractivity contribution in [2.24, 2.45) is 5.16 Å². The topological polar surface area (TPSA) is 216 Å². The molecule has 2 atom stereocenters. The van der Waals surface area contributed by atoms with Crippen LogP contribution in [0.25, 0.3) is 0 Å². The summed E-state index contributed by atoms with van der Waals surface area (Å²) in [6.45, 7) is 0.656. The quantitative estimate of drug-likeness (QED) is 0.0937. The van der Waals surface area contributed by atoms with Crippen LogP contribution in [-0.4, -0.2) is 89.3 Å². The number of carbonyl (C=O) groups excluding carboxylic acids is 3. The van der Waals surface area contributed by atoms with Gasteiger partial charge in [-0.1, -0.05) is 17.3 Å². The molecule has 1 aromatic carbocycles. The zero-order valence-corrected chi connectivity index (χ0v) is 22.6. The molecule has 2 saturated heterocycles. The number of hydrogen-bond acceptors (Lipinski definition) is 11. The van der Waals surface area contributed by atoms with Crippen molar-refractivity contribution in [1.29, 1.82) is 0 Å². The van der Waals surface area contributed by atoms with Crippen LogP contribution in [0.15, 0.2) is 57.7 Å². The third-order valence-electron chi connectivity index (χ3n) is 6.70. The molecule has 14 nitrogen and oxygen atoms in total. The number of carboxylic acid groups (broad SMARTS) is 2. The summed E-state index contributed by atoms with van der Waals surface area (Å²) in [5.74, 6) is -4.05. The number of β-lactam (4-membered cyclic amide) rings is 1. The van der Waals surface area contributed by atoms with Crippen LogP contribution in [0.1, 0.15) is 28.0 Å². The maximum atomic E-state index is 13.1. The number of likely N-dealkylation sites (tertiary alicyclic amines) is 1. The highest BCUT2D eigenvalue weighted by molar-refractivity contribution is 8.00. The average molecular weight is 599 g/mol. The lowest BCUT2D eigenvalue weighted by Gasteiger charge is -2.49. The minimum Gasteiger partial charge on any atom is -0.478 e. The van der Waals surface area contributed by atoms with E-state index < -0.39 is 40.9 Å². The molecule has 1 aromatic heterocycles. The predicted molar refractivity (Wildman–Crippen MR) is 146 cm³/mol. The van der Waals surface area contributed by atoms with Gasteiger partial charge < -0.3 is 31.4 Å². The third kappa shape index (κ3) is 5.26. The van der Waals surface area contributed by atoms with E-state index in [1.807, 2.05) is 0 Å². The molecule has 0 saturated carbocycles. The van der Waals surface area contributed by atoms with Gasteiger partial charge in [0.2, 0.25) is 5.91 Å². The normalized spacial score (nSPS) is 21.7. The van der Waals surface area contributed by atoms with E-state index in [0.717, 1.165) is 21.8 Å². The molecule has 2 fully saturated rings. The minimum atomic E-state index is -1.35. The van der Waals surface area contributed by atoms with Crippen molar-refractivity contribution < 1.29 is 39.4 Å². The Morgan fingerprint density at radius 1 is 1.17 bits per heavy atom. The fourth-order valence-electron chi connectivity index (χ4n) is 4.71. The zero-order valence-electron chi connectivity index (χ0n) is 21.0. The first-order valence-corrected chi connectivity index (χ1v) is 14.0. The van der Waals surface area contributed by atoms with Crippen molar-refractivity contribution in [3.05, 3.63) is 69.4 Å². The van der Waals surface area contributed by atoms with Gasteiger partial charge in [-0.25, -0.2) is 14.6 Å². The van der Waals surface area contributed by atoms with Crippen molar-refractivity contribution in [3.8, 4) is 0 Å². The molecule has 3 aliphatic rings. The van der Waals surface area contributed by atoms with Gasteiger partial charge in [-0.15, -0.1) is 23.1 Å². The van der Waals surface area contributed by atoms with Gasteiger partial charge in [0, 0.05) is 29.8 Å². The molecule has 5 rings (SSSR count). The Morgan fingerprint density at radius 2 is 1.90 bits per heavy atom. The molecule has 41 heavy (non-hydrogen) atoms. The first-order chi connectivity index (χ1) is 19.6. The van der Waals surface area contributed by atoms with Crippen LogP contribution >= 0.6 is 23.1 Å². The zero-order chi connectivity index (χ0) is 29.4. The molecule has 0 unspecified atom stereocenters. The van der Waals surface area contributed by atoms with Gasteiger partial charge in [-0.2, -0.15) is 0 Å². The fraction of sp³-hybridized carbons (Fsp3) is 0.240. The van der Waals surface area contributed by atoms with Crippen LogP contribution < -0.4 is 11.1 Å². The van der Waals surface area contributed by atoms with Gasteiger partial charge in [0.1, 0.15) is 22.8 Å². The monoisotopic (exact) mass is 598 g/mol. The molecule has 16 heteroatoms. The number of amides is 3. The standard InChI is InChI=1S/C25H22N6O8S2/c26-25-27-15(10-41-25)16(29-39)19(32)28-17-21(34)31-18(24(37)38)14(9-40-22(17)31)7-13-5-6-30(20(13)33)8-11-1-3-12(4-2-11)23(35)36/h1-4,7,10,17,22,39H,5-6,8-9H2,(H2,26,27)(H,28,32)(H,35,36)(H,37,38)/t17-,22-/m1/s1. The molecular weight excluding hydrogens is 576 g/mol. The highest BCUT2D eigenvalue weighted by Crippen LogP contribution is 2.41. The van der Waals surface area contributed by atoms with Crippen molar-refractivity contribution >= 4 is 63.6 Å². The summed E-state index contributed by atoms with van der Waals surface area (Å²) in [6.07, 6.45) is 1.87. The summed E-state index contributed by atoms with van der Waals surface area (Å²) in [4.78, 5) is 68.6. The number of aromatic carboxylic acids is 1. The molecule has 0 bridgehead atoms. The second kappa shape index (κ2) is 11.1. The number of nitrogens with zero attached hydrogens (tertiary/aromatic N) is 4. The van der Waals surface area contributed by atoms with E-state index in [1.54, 1.807) is 17.0 Å². The number of carbonyl (C=O) groups is 5. The van der Waals surface area contributed by atoms with Crippen molar-refractivity contribution in [3.63, 3.8) is 0 Å². The highest BCUT2D eigenvalue weighted by atomic mass is 32.2. The number of nitrogen functional groups attached to an aromatic ring is 1. The first-order valence-electron chi connectivity index (χ1n) is 12.1. The van der Waals surface area contributed by atoms with Crippen molar-refractivity contribution in [2.45, 2.75) is 24.4 Å². The number of nitrogens with two attached hydrogens (primary N) is 1. The number of benzene rings is 1. The Kier molecular flexibility index (Phi) is 7.51. The summed E-state index contributed by atoms with van der Waals surface area (Å²) in [7, 11) is 0. The number of thioether (sulfide) groups is 1. The lowest BCUT2D eigenvalue weighted by atomic mass is 10.0. The number of oxime groups is 1. The van der Waals surface area contributed by atoms with Crippen LogP contribution in [0.5, 0.6) is 0 Å². The minimum absolute atomic E-state index is 0.0278. The number of hydrogen-bond donors (Lipinski definition) is 5. The van der Waals surface area contributed by atoms with Crippen LogP contribution in [0.4, 0.5) is 5.13 Å². The molecule has 3 aliphatic heterocycles. The number of rotatable bonds is 8. The predicted octanol–water partition coefficient (Wildman–Crippen LogP) is 0.699. The van der Waals surface area contributed by atoms with Gasteiger partial charge in [-0.05, 0) is 35.8 Å². The van der Waals surface area contributed by atoms with Gasteiger partial charge >= 0.3 is 11.9 Å². The number of anilines is 1. The van der Waals surface area contributed by atoms with Gasteiger partial charge in [0.15, 0.2) is 10.8 Å². The molecule has 2 aromatic rings. The number of aromatic nitrogens is 1. The Labute approximate surface area is 239 Å². The Bertz CT molecular complexity index is 1560. The number of nitrogens with one attached hydrogen (secondary N) is 1. The van der Waals surface area contributed by atoms with Crippen LogP contribution in [0.3, 0.4) is 0 Å². The second-order valence-corrected chi connectivity index (χ2v) is 11.2. The number of carboxylic acids is 2. The van der Waals surface area contributed by atoms with Gasteiger partial charge in [-0.3, -0.25) is 19.3 Å². The number of thiazole rings is 1. The first kappa shape index (κ1) is 27.9. The molecule has 6 N–H and O–H groups in total. The van der Waals surface area contributed by atoms with E-state index in [-0.39, 0.29) is 40.3 Å². The lowest BCUT2D eigenvalue weighted by molar-refractivity contribution is -0.150. The summed E-state index contributed by atoms with van der Waals surface area (Å²) >= 11 is 2.26. The molecular formula is C25H22N6O8S2. The van der Waals surface area contributed by atoms with E-state index in [4.69, 9.17) is 10.8 Å². The average Bonchev–Trinajstić information content (AvgIpc) is 3.52. The molecule has 4 heterocycles. The van der Waals surface area contributed by atoms with Crippen LogP contribution in [0, 0.1) is 0 Å². The van der Waals surface area contributed by atoms with E-state index in [9.17, 15) is 34.3 Å². The van der Waals surface area contributed by atoms with Gasteiger partial charge in [0.25, 0.3) is 11.8 Å². The second-order valence-electron chi connectivity index (χ2n) is 9.21. The third-order valence-corrected chi connectivity index (χ3v) is 8.68. The smallest absolute Gasteiger partial charge is 0.352 e. The van der Waals surface area contributed by atoms with Crippen LogP contribution in [-0.2, 0) is 25.7 Å². The highest BCUT2D eigenvalue weighted by Gasteiger charge is 2.54. The number of allylic oxidation sites excluding steroid dienone is 1.